The molecule has 20 heteroatoms. The molecule has 2 saturated heterocycles. The number of nitrogens with one attached hydrogen (secondary N) is 1. The van der Waals surface area contributed by atoms with Crippen LogP contribution in [0.25, 0.3) is 0 Å². The van der Waals surface area contributed by atoms with Gasteiger partial charge in [0.1, 0.15) is 35.9 Å². The number of carbonyl (C=O) groups excluding carboxylic acids is 4. The molecule has 3 amide bonds. The van der Waals surface area contributed by atoms with Gasteiger partial charge in [-0.3, -0.25) is 19.3 Å². The Hall–Kier alpha value is -4.97. The molecule has 1 aromatic heterocycles. The van der Waals surface area contributed by atoms with Crippen LogP contribution < -0.4 is 19.9 Å². The van der Waals surface area contributed by atoms with Gasteiger partial charge in [-0.15, -0.1) is 0 Å². The molecule has 0 radical (unpaired) electrons. The fourth-order valence-corrected chi connectivity index (χ4v) is 7.08. The molecule has 1 aromatic carbocycles. The molecule has 4 rings (SSSR count). The van der Waals surface area contributed by atoms with E-state index in [9.17, 15) is 32.3 Å². The Labute approximate surface area is 344 Å². The first-order chi connectivity index (χ1) is 27.7. The summed E-state index contributed by atoms with van der Waals surface area (Å²) in [5.74, 6) is -4.28. The van der Waals surface area contributed by atoms with Gasteiger partial charge in [0.2, 0.25) is 17.7 Å². The number of ether oxygens (including phenoxy) is 5. The first-order valence-corrected chi connectivity index (χ1v) is 19.1. The van der Waals surface area contributed by atoms with Crippen molar-refractivity contribution in [2.45, 2.75) is 78.2 Å². The average Bonchev–Trinajstić information content (AvgIpc) is 3.67. The van der Waals surface area contributed by atoms with E-state index in [0.717, 1.165) is 32.1 Å². The predicted molar refractivity (Wildman–Crippen MR) is 208 cm³/mol. The van der Waals surface area contributed by atoms with Gasteiger partial charge in [-0.1, -0.05) is 20.8 Å². The summed E-state index contributed by atoms with van der Waals surface area (Å²) >= 11 is 5.47. The van der Waals surface area contributed by atoms with Crippen LogP contribution in [0, 0.1) is 22.6 Å². The Morgan fingerprint density at radius 2 is 1.69 bits per heavy atom. The van der Waals surface area contributed by atoms with E-state index in [0.29, 0.717) is 11.4 Å². The molecule has 2 atom stereocenters. The number of hydrogen-bond donors (Lipinski definition) is 1. The summed E-state index contributed by atoms with van der Waals surface area (Å²) in [5.41, 5.74) is -5.85. The third kappa shape index (κ3) is 10.8. The Balaban J connectivity index is 1.26. The zero-order valence-electron chi connectivity index (χ0n) is 33.9. The van der Waals surface area contributed by atoms with Crippen LogP contribution in [-0.2, 0) is 39.5 Å². The van der Waals surface area contributed by atoms with Crippen molar-refractivity contribution in [3.05, 3.63) is 46.9 Å². The van der Waals surface area contributed by atoms with Gasteiger partial charge in [0.25, 0.3) is 5.91 Å². The monoisotopic (exact) mass is 852 g/mol. The van der Waals surface area contributed by atoms with Gasteiger partial charge in [-0.2, -0.15) is 18.4 Å². The van der Waals surface area contributed by atoms with Crippen LogP contribution in [0.3, 0.4) is 0 Å². The standard InChI is InChI=1S/C39H48F4N6O9S/c1-23-9-8-12-47(23)33(51)31(37(2,3)4)46-28(50)22-57-16-15-55-13-14-56-17-18-58-32-26(34(52)54-7)19-25(21-45-32)49-36(59)48(35(53)38(49,5)6)27-11-10-24(20-44)29(30(27)40)39(41,42)43/h10-11,19,21,23,31H,8-9,12-18,22H2,1-7H3,(H,46,50)/t23-,31?/m1/s1. The summed E-state index contributed by atoms with van der Waals surface area (Å²) in [6.45, 7) is 11.6. The number of methoxy groups -OCH3 is 1. The number of benzene rings is 1. The lowest BCUT2D eigenvalue weighted by atomic mass is 9.85. The number of alkyl halides is 3. The molecule has 15 nitrogen and oxygen atoms in total. The Bertz CT molecular complexity index is 1950. The van der Waals surface area contributed by atoms with Crippen molar-refractivity contribution in [1.82, 2.24) is 15.2 Å². The van der Waals surface area contributed by atoms with Crippen LogP contribution in [0.2, 0.25) is 0 Å². The number of aromatic nitrogens is 1. The number of anilines is 2. The molecule has 322 valence electrons. The second kappa shape index (κ2) is 19.4. The Morgan fingerprint density at radius 1 is 1.07 bits per heavy atom. The summed E-state index contributed by atoms with van der Waals surface area (Å²) in [6, 6.07) is 3.62. The van der Waals surface area contributed by atoms with Crippen LogP contribution in [-0.4, -0.2) is 116 Å². The van der Waals surface area contributed by atoms with Crippen LogP contribution in [0.5, 0.6) is 5.88 Å². The zero-order chi connectivity index (χ0) is 43.9. The van der Waals surface area contributed by atoms with E-state index in [4.69, 9.17) is 41.2 Å². The summed E-state index contributed by atoms with van der Waals surface area (Å²) in [5, 5.41) is 11.6. The zero-order valence-corrected chi connectivity index (χ0v) is 34.7. The maximum Gasteiger partial charge on any atom is 0.420 e. The van der Waals surface area contributed by atoms with Crippen LogP contribution in [0.15, 0.2) is 24.4 Å². The topological polar surface area (TPSA) is 173 Å². The fourth-order valence-electron chi connectivity index (χ4n) is 6.56. The number of carbonyl (C=O) groups is 4. The van der Waals surface area contributed by atoms with Gasteiger partial charge < -0.3 is 38.8 Å². The molecule has 3 heterocycles. The average molecular weight is 853 g/mol. The fraction of sp³-hybridized carbons (Fsp3) is 0.564. The number of hydrogen-bond acceptors (Lipinski definition) is 12. The molecule has 59 heavy (non-hydrogen) atoms. The minimum absolute atomic E-state index is 0.0445. The normalized spacial score (nSPS) is 17.3. The van der Waals surface area contributed by atoms with Gasteiger partial charge >= 0.3 is 12.1 Å². The number of halogens is 4. The van der Waals surface area contributed by atoms with E-state index in [1.54, 1.807) is 0 Å². The van der Waals surface area contributed by atoms with Gasteiger partial charge in [0.15, 0.2) is 10.9 Å². The third-order valence-electron chi connectivity index (χ3n) is 9.63. The van der Waals surface area contributed by atoms with Crippen molar-refractivity contribution in [3.63, 3.8) is 0 Å². The van der Waals surface area contributed by atoms with Gasteiger partial charge in [-0.25, -0.2) is 14.2 Å². The maximum atomic E-state index is 15.4. The Kier molecular flexibility index (Phi) is 15.4. The number of esters is 1. The lowest BCUT2D eigenvalue weighted by Crippen LogP contribution is -2.56. The van der Waals surface area contributed by atoms with Crippen LogP contribution >= 0.6 is 12.2 Å². The SMILES string of the molecule is COC(=O)c1cc(N2C(=S)N(c3ccc(C#N)c(C(F)(F)F)c3F)C(=O)C2(C)C)cnc1OCCOCCOCCOCC(=O)NC(C(=O)N1CCC[C@H]1C)C(C)(C)C. The number of rotatable bonds is 17. The number of likely N-dealkylation sites (tertiary alicyclic amines) is 1. The lowest BCUT2D eigenvalue weighted by molar-refractivity contribution is -0.141. The summed E-state index contributed by atoms with van der Waals surface area (Å²) in [4.78, 5) is 59.9. The smallest absolute Gasteiger partial charge is 0.420 e. The Morgan fingerprint density at radius 3 is 2.25 bits per heavy atom. The van der Waals surface area contributed by atoms with Crippen molar-refractivity contribution in [3.8, 4) is 11.9 Å². The minimum atomic E-state index is -5.25. The van der Waals surface area contributed by atoms with E-state index in [1.807, 2.05) is 32.6 Å². The number of amides is 3. The van der Waals surface area contributed by atoms with Crippen LogP contribution in [0.4, 0.5) is 28.9 Å². The lowest BCUT2D eigenvalue weighted by Gasteiger charge is -2.35. The number of thiocarbonyl (C=S) groups is 1. The molecule has 2 fully saturated rings. The van der Waals surface area contributed by atoms with Crippen molar-refractivity contribution in [2.75, 3.05) is 69.7 Å². The maximum absolute atomic E-state index is 15.4. The number of pyridine rings is 1. The van der Waals surface area contributed by atoms with Crippen molar-refractivity contribution in [2.24, 2.45) is 5.41 Å². The highest BCUT2D eigenvalue weighted by atomic mass is 32.1. The summed E-state index contributed by atoms with van der Waals surface area (Å²) in [7, 11) is 1.12. The molecule has 0 bridgehead atoms. The number of nitriles is 1. The molecular formula is C39H48F4N6O9S. The van der Waals surface area contributed by atoms with Crippen molar-refractivity contribution in [1.29, 1.82) is 5.26 Å². The highest BCUT2D eigenvalue weighted by Gasteiger charge is 2.52. The van der Waals surface area contributed by atoms with Gasteiger partial charge in [0.05, 0.1) is 69.3 Å². The van der Waals surface area contributed by atoms with E-state index in [-0.39, 0.29) is 75.3 Å². The molecule has 0 aliphatic carbocycles. The first-order valence-electron chi connectivity index (χ1n) is 18.7. The van der Waals surface area contributed by atoms with E-state index in [1.165, 1.54) is 37.1 Å². The largest absolute Gasteiger partial charge is 0.475 e. The summed E-state index contributed by atoms with van der Waals surface area (Å²) < 4.78 is 83.6. The highest BCUT2D eigenvalue weighted by molar-refractivity contribution is 7.81. The third-order valence-corrected chi connectivity index (χ3v) is 10.00. The van der Waals surface area contributed by atoms with Crippen molar-refractivity contribution < 1.29 is 60.4 Å². The highest BCUT2D eigenvalue weighted by Crippen LogP contribution is 2.42. The molecule has 2 aromatic rings. The predicted octanol–water partition coefficient (Wildman–Crippen LogP) is 4.78. The molecule has 1 unspecified atom stereocenters. The second-order valence-corrected chi connectivity index (χ2v) is 15.7. The van der Waals surface area contributed by atoms with Crippen molar-refractivity contribution >= 4 is 52.4 Å². The second-order valence-electron chi connectivity index (χ2n) is 15.3. The van der Waals surface area contributed by atoms with Gasteiger partial charge in [-0.05, 0) is 69.4 Å². The van der Waals surface area contributed by atoms with E-state index < -0.39 is 68.7 Å². The first kappa shape index (κ1) is 46.7. The molecule has 2 aliphatic rings. The molecule has 0 saturated carbocycles. The van der Waals surface area contributed by atoms with Crippen LogP contribution in [0.1, 0.15) is 75.9 Å². The molecular weight excluding hydrogens is 805 g/mol. The van der Waals surface area contributed by atoms with E-state index >= 15 is 4.39 Å². The van der Waals surface area contributed by atoms with E-state index in [2.05, 4.69) is 10.3 Å². The quantitative estimate of drug-likeness (QED) is 0.0999. The van der Waals surface area contributed by atoms with Gasteiger partial charge in [0, 0.05) is 12.6 Å². The minimum Gasteiger partial charge on any atom is -0.475 e. The number of nitrogens with zero attached hydrogens (tertiary/aromatic N) is 5. The molecule has 1 N–H and O–H groups in total. The summed E-state index contributed by atoms with van der Waals surface area (Å²) in [6.07, 6.45) is -2.16. The molecule has 0 spiro atoms. The molecule has 2 aliphatic heterocycles.